The maximum absolute atomic E-state index is 10.8. The Bertz CT molecular complexity index is 363. The third-order valence-corrected chi connectivity index (χ3v) is 4.34. The van der Waals surface area contributed by atoms with Gasteiger partial charge in [0.2, 0.25) is 0 Å². The maximum Gasteiger partial charge on any atom is 0.321 e. The number of carboxylic acids is 2. The number of hydrogen-bond acceptors (Lipinski definition) is 4. The molecule has 0 amide bonds. The van der Waals surface area contributed by atoms with Crippen molar-refractivity contribution in [2.45, 2.75) is 96.4 Å². The van der Waals surface area contributed by atoms with E-state index in [9.17, 15) is 14.4 Å². The van der Waals surface area contributed by atoms with Crippen molar-refractivity contribution in [3.05, 3.63) is 0 Å². The fourth-order valence-corrected chi connectivity index (χ4v) is 2.67. The van der Waals surface area contributed by atoms with Crippen LogP contribution in [0.3, 0.4) is 0 Å². The molecular formula is C18H34NNaO5. The number of carbonyl (C=O) groups excluding carboxylic acids is 1. The molecule has 7 heteroatoms. The molecule has 0 saturated heterocycles. The second-order valence-electron chi connectivity index (χ2n) is 6.53. The van der Waals surface area contributed by atoms with Gasteiger partial charge in [0.15, 0.2) is 0 Å². The first-order chi connectivity index (χ1) is 11.8. The molecule has 0 aromatic carbocycles. The number of carbonyl (C=O) groups is 3. The third kappa shape index (κ3) is 25.9. The van der Waals surface area contributed by atoms with Crippen LogP contribution in [-0.4, -0.2) is 59.2 Å². The molecule has 0 aliphatic heterocycles. The van der Waals surface area contributed by atoms with E-state index >= 15 is 0 Å². The van der Waals surface area contributed by atoms with E-state index in [2.05, 4.69) is 6.92 Å². The van der Waals surface area contributed by atoms with Gasteiger partial charge in [-0.15, -0.1) is 0 Å². The predicted octanol–water partition coefficient (Wildman–Crippen LogP) is 3.26. The second kappa shape index (κ2) is 19.9. The number of aliphatic carboxylic acids is 2. The van der Waals surface area contributed by atoms with E-state index in [1.165, 1.54) is 64.2 Å². The van der Waals surface area contributed by atoms with Crippen LogP contribution in [0.25, 0.3) is 0 Å². The molecule has 25 heavy (non-hydrogen) atoms. The van der Waals surface area contributed by atoms with Crippen molar-refractivity contribution in [2.24, 2.45) is 5.73 Å². The van der Waals surface area contributed by atoms with Crippen molar-refractivity contribution >= 4 is 42.9 Å². The van der Waals surface area contributed by atoms with E-state index < -0.39 is 24.4 Å². The van der Waals surface area contributed by atoms with Crippen LogP contribution in [0.5, 0.6) is 0 Å². The summed E-state index contributed by atoms with van der Waals surface area (Å²) in [7, 11) is 0. The van der Waals surface area contributed by atoms with Crippen molar-refractivity contribution in [1.29, 1.82) is 0 Å². The number of unbranched alkanes of at least 4 members (excludes halogenated alkanes) is 10. The normalized spacial score (nSPS) is 11.4. The van der Waals surface area contributed by atoms with Gasteiger partial charge in [0.25, 0.3) is 0 Å². The van der Waals surface area contributed by atoms with E-state index in [0.29, 0.717) is 3.03 Å². The third-order valence-electron chi connectivity index (χ3n) is 3.84. The van der Waals surface area contributed by atoms with Crippen molar-refractivity contribution in [3.8, 4) is 0 Å². The van der Waals surface area contributed by atoms with Crippen molar-refractivity contribution < 1.29 is 24.6 Å². The van der Waals surface area contributed by atoms with E-state index in [-0.39, 0.29) is 0 Å². The predicted molar refractivity (Wildman–Crippen MR) is 99.7 cm³/mol. The Morgan fingerprint density at radius 2 is 1.24 bits per heavy atom. The van der Waals surface area contributed by atoms with Gasteiger partial charge in [-0.05, 0) is 0 Å². The minimum Gasteiger partial charge on any atom is -0.481 e. The Hall–Kier alpha value is -0.430. The summed E-state index contributed by atoms with van der Waals surface area (Å²) in [5.74, 6) is -2.50. The van der Waals surface area contributed by atoms with E-state index in [0.717, 1.165) is 40.8 Å². The number of rotatable bonds is 15. The molecule has 0 bridgehead atoms. The summed E-state index contributed by atoms with van der Waals surface area (Å²) in [5.41, 5.74) is 4.84. The van der Waals surface area contributed by atoms with Crippen molar-refractivity contribution in [2.75, 3.05) is 0 Å². The van der Waals surface area contributed by atoms with E-state index in [1.807, 2.05) is 0 Å². The van der Waals surface area contributed by atoms with Gasteiger partial charge in [-0.25, -0.2) is 0 Å². The summed E-state index contributed by atoms with van der Waals surface area (Å²) in [4.78, 5) is 30.4. The van der Waals surface area contributed by atoms with E-state index in [1.54, 1.807) is 0 Å². The van der Waals surface area contributed by atoms with Gasteiger partial charge in [-0.3, -0.25) is 9.59 Å². The topological polar surface area (TPSA) is 118 Å². The number of carboxylic acid groups (broad SMARTS) is 2. The number of nitrogens with two attached hydrogens (primary N) is 1. The van der Waals surface area contributed by atoms with Gasteiger partial charge in [0.05, 0.1) is 6.42 Å². The molecule has 0 fully saturated rings. The first kappa shape index (κ1) is 26.8. The zero-order chi connectivity index (χ0) is 19.5. The molecule has 142 valence electrons. The molecule has 0 rings (SSSR count). The Kier molecular flexibility index (Phi) is 21.3. The average Bonchev–Trinajstić information content (AvgIpc) is 2.52. The summed E-state index contributed by atoms with van der Waals surface area (Å²) in [6, 6.07) is -1.29. The van der Waals surface area contributed by atoms with Crippen LogP contribution in [0, 0.1) is 0 Å². The molecule has 0 aliphatic carbocycles. The molecule has 0 radical (unpaired) electrons. The largest absolute Gasteiger partial charge is 0.481 e. The molecule has 0 spiro atoms. The van der Waals surface area contributed by atoms with Crippen LogP contribution in [0.2, 0.25) is 0 Å². The summed E-state index contributed by atoms with van der Waals surface area (Å²) in [6.45, 7) is 2.27. The van der Waals surface area contributed by atoms with E-state index in [4.69, 9.17) is 15.9 Å². The fourth-order valence-electron chi connectivity index (χ4n) is 2.31. The van der Waals surface area contributed by atoms with Gasteiger partial charge in [0.1, 0.15) is 6.04 Å². The minimum absolute atomic E-state index is 0.482. The fraction of sp³-hybridized carbons (Fsp3) is 0.833. The smallest absolute Gasteiger partial charge is 0.321 e. The Morgan fingerprint density at radius 1 is 0.840 bits per heavy atom. The molecule has 4 N–H and O–H groups in total. The zero-order valence-electron chi connectivity index (χ0n) is 16.0. The van der Waals surface area contributed by atoms with Crippen molar-refractivity contribution in [3.63, 3.8) is 0 Å². The van der Waals surface area contributed by atoms with Crippen LogP contribution in [-0.2, 0) is 14.4 Å². The molecule has 0 aromatic rings. The summed E-state index contributed by atoms with van der Waals surface area (Å²) >= 11 is 0.751. The first-order valence-electron chi connectivity index (χ1n) is 9.50. The van der Waals surface area contributed by atoms with Gasteiger partial charge >= 0.3 is 118 Å². The molecule has 0 aromatic heterocycles. The molecular weight excluding hydrogens is 333 g/mol. The molecule has 0 aliphatic rings. The van der Waals surface area contributed by atoms with Crippen LogP contribution in [0.4, 0.5) is 0 Å². The Labute approximate surface area is 169 Å². The van der Waals surface area contributed by atoms with Crippen LogP contribution in [0.15, 0.2) is 0 Å². The van der Waals surface area contributed by atoms with Gasteiger partial charge in [-0.1, -0.05) is 13.3 Å². The van der Waals surface area contributed by atoms with Gasteiger partial charge in [0, 0.05) is 0 Å². The molecule has 6 nitrogen and oxygen atoms in total. The van der Waals surface area contributed by atoms with Gasteiger partial charge in [-0.2, -0.15) is 0 Å². The average molecular weight is 367 g/mol. The molecule has 0 heterocycles. The second-order valence-corrected chi connectivity index (χ2v) is 7.65. The molecule has 0 unspecified atom stereocenters. The molecule has 1 atom stereocenters. The summed E-state index contributed by atoms with van der Waals surface area (Å²) in [5, 5.41) is 16.0. The van der Waals surface area contributed by atoms with Gasteiger partial charge < -0.3 is 15.9 Å². The quantitative estimate of drug-likeness (QED) is 0.302. The maximum atomic E-state index is 10.8. The van der Waals surface area contributed by atoms with Crippen molar-refractivity contribution in [1.82, 2.24) is 0 Å². The monoisotopic (exact) mass is 367 g/mol. The first-order valence-corrected chi connectivity index (χ1v) is 10.5. The summed E-state index contributed by atoms with van der Waals surface area (Å²) < 4.78 is 0.482. The number of hydrogen-bond donors (Lipinski definition) is 3. The molecule has 0 saturated carbocycles. The van der Waals surface area contributed by atoms with Crippen LogP contribution >= 0.6 is 0 Å². The zero-order valence-corrected chi connectivity index (χ0v) is 18.0. The summed E-state index contributed by atoms with van der Waals surface area (Å²) in [6.07, 6.45) is 15.3. The standard InChI is InChI=1S/C14H27O.C4H7NO4.Na/c1-2-3-4-5-6-7-8-9-10-11-12-13-14-15;5-2(4(8)9)1-3(6)7;/h2-13H2,1H3;2H,1,5H2,(H,6,7)(H,8,9);/t;2-;/m.0./s1. The minimum atomic E-state index is -1.29. The van der Waals surface area contributed by atoms with Crippen LogP contribution < -0.4 is 5.73 Å². The Morgan fingerprint density at radius 3 is 1.52 bits per heavy atom. The Balaban J connectivity index is 0. The van der Waals surface area contributed by atoms with Crippen LogP contribution in [0.1, 0.15) is 90.4 Å². The SMILES string of the molecule is CCCCCCCCCCCCC[C](=O)[Na].N[C@@H](CC(=O)O)C(=O)O.